The highest BCUT2D eigenvalue weighted by Crippen LogP contribution is 2.26. The molecule has 0 aromatic carbocycles. The van der Waals surface area contributed by atoms with Gasteiger partial charge in [0.05, 0.1) is 4.92 Å². The van der Waals surface area contributed by atoms with Gasteiger partial charge in [-0.2, -0.15) is 5.10 Å². The Kier molecular flexibility index (Phi) is 5.11. The largest absolute Gasteiger partial charge is 0.317 e. The van der Waals surface area contributed by atoms with Gasteiger partial charge in [0.1, 0.15) is 11.4 Å². The second-order valence-electron chi connectivity index (χ2n) is 5.41. The number of nitrogens with zero attached hydrogens (tertiary/aromatic N) is 3. The molecular formula is C14H24N4O2. The molecule has 1 aliphatic rings. The monoisotopic (exact) mass is 280 g/mol. The molecule has 0 bridgehead atoms. The van der Waals surface area contributed by atoms with Gasteiger partial charge in [0.25, 0.3) is 0 Å². The van der Waals surface area contributed by atoms with Crippen LogP contribution in [0.5, 0.6) is 0 Å². The summed E-state index contributed by atoms with van der Waals surface area (Å²) in [5, 5.41) is 19.0. The number of aromatic nitrogens is 2. The highest BCUT2D eigenvalue weighted by atomic mass is 16.6. The zero-order valence-corrected chi connectivity index (χ0v) is 12.4. The Labute approximate surface area is 119 Å². The molecule has 0 saturated carbocycles. The van der Waals surface area contributed by atoms with Crippen molar-refractivity contribution in [3.63, 3.8) is 0 Å². The Morgan fingerprint density at radius 3 is 2.60 bits per heavy atom. The number of nitrogens with one attached hydrogen (secondary N) is 1. The first-order valence-electron chi connectivity index (χ1n) is 7.61. The highest BCUT2D eigenvalue weighted by Gasteiger charge is 2.25. The van der Waals surface area contributed by atoms with E-state index in [4.69, 9.17) is 0 Å². The molecule has 1 aliphatic heterocycles. The van der Waals surface area contributed by atoms with Crippen molar-refractivity contribution in [3.05, 3.63) is 21.5 Å². The summed E-state index contributed by atoms with van der Waals surface area (Å²) in [6.45, 7) is 6.86. The van der Waals surface area contributed by atoms with Crippen molar-refractivity contribution in [2.75, 3.05) is 13.1 Å². The number of hydrogen-bond acceptors (Lipinski definition) is 4. The Morgan fingerprint density at radius 1 is 1.35 bits per heavy atom. The lowest BCUT2D eigenvalue weighted by Crippen LogP contribution is -2.28. The molecular weight excluding hydrogens is 256 g/mol. The number of aryl methyl sites for hydroxylation is 2. The molecule has 0 atom stereocenters. The maximum absolute atomic E-state index is 11.2. The van der Waals surface area contributed by atoms with Gasteiger partial charge in [-0.25, -0.2) is 0 Å². The second kappa shape index (κ2) is 6.83. The van der Waals surface area contributed by atoms with Gasteiger partial charge in [-0.1, -0.05) is 13.8 Å². The lowest BCUT2D eigenvalue weighted by molar-refractivity contribution is -0.386. The van der Waals surface area contributed by atoms with Crippen LogP contribution in [0.15, 0.2) is 0 Å². The van der Waals surface area contributed by atoms with Gasteiger partial charge in [-0.05, 0) is 51.1 Å². The third-order valence-electron chi connectivity index (χ3n) is 4.16. The van der Waals surface area contributed by atoms with Crippen molar-refractivity contribution >= 4 is 5.69 Å². The molecule has 0 amide bonds. The van der Waals surface area contributed by atoms with Crippen LogP contribution in [0.4, 0.5) is 5.69 Å². The van der Waals surface area contributed by atoms with Crippen LogP contribution in [0.3, 0.4) is 0 Å². The molecule has 6 heteroatoms. The fourth-order valence-electron chi connectivity index (χ4n) is 3.00. The summed E-state index contributed by atoms with van der Waals surface area (Å²) in [6, 6.07) is 0. The average molecular weight is 280 g/mol. The first-order chi connectivity index (χ1) is 9.67. The van der Waals surface area contributed by atoms with Gasteiger partial charge in [0, 0.05) is 6.54 Å². The van der Waals surface area contributed by atoms with Crippen LogP contribution in [-0.2, 0) is 19.4 Å². The predicted molar refractivity (Wildman–Crippen MR) is 77.8 cm³/mol. The molecule has 0 unspecified atom stereocenters. The molecule has 1 fully saturated rings. The fourth-order valence-corrected chi connectivity index (χ4v) is 3.00. The second-order valence-corrected chi connectivity index (χ2v) is 5.41. The zero-order valence-electron chi connectivity index (χ0n) is 12.4. The predicted octanol–water partition coefficient (Wildman–Crippen LogP) is 2.31. The summed E-state index contributed by atoms with van der Waals surface area (Å²) in [7, 11) is 0. The first-order valence-corrected chi connectivity index (χ1v) is 7.61. The van der Waals surface area contributed by atoms with Gasteiger partial charge >= 0.3 is 5.69 Å². The number of rotatable bonds is 6. The molecule has 2 rings (SSSR count). The third kappa shape index (κ3) is 3.17. The summed E-state index contributed by atoms with van der Waals surface area (Å²) in [4.78, 5) is 11.0. The molecule has 6 nitrogen and oxygen atoms in total. The van der Waals surface area contributed by atoms with Gasteiger partial charge in [0.2, 0.25) is 0 Å². The van der Waals surface area contributed by atoms with E-state index in [0.717, 1.165) is 31.7 Å². The first kappa shape index (κ1) is 15.0. The van der Waals surface area contributed by atoms with Crippen LogP contribution in [0.25, 0.3) is 0 Å². The van der Waals surface area contributed by atoms with Crippen LogP contribution in [0.2, 0.25) is 0 Å². The van der Waals surface area contributed by atoms with Crippen molar-refractivity contribution < 1.29 is 4.92 Å². The molecule has 1 aromatic heterocycles. The van der Waals surface area contributed by atoms with Gasteiger partial charge in [0.15, 0.2) is 0 Å². The molecule has 1 saturated heterocycles. The molecule has 0 spiro atoms. The maximum atomic E-state index is 11.2. The Balaban J connectivity index is 2.12. The maximum Gasteiger partial charge on any atom is 0.313 e. The van der Waals surface area contributed by atoms with E-state index in [-0.39, 0.29) is 10.6 Å². The third-order valence-corrected chi connectivity index (χ3v) is 4.16. The fraction of sp³-hybridized carbons (Fsp3) is 0.786. The minimum Gasteiger partial charge on any atom is -0.317 e. The summed E-state index contributed by atoms with van der Waals surface area (Å²) in [5.41, 5.74) is 1.64. The van der Waals surface area contributed by atoms with Crippen LogP contribution in [0, 0.1) is 16.0 Å². The highest BCUT2D eigenvalue weighted by molar-refractivity contribution is 5.41. The van der Waals surface area contributed by atoms with Crippen LogP contribution in [0.1, 0.15) is 44.5 Å². The quantitative estimate of drug-likeness (QED) is 0.641. The topological polar surface area (TPSA) is 73.0 Å². The van der Waals surface area contributed by atoms with Crippen LogP contribution >= 0.6 is 0 Å². The molecule has 0 aliphatic carbocycles. The smallest absolute Gasteiger partial charge is 0.313 e. The van der Waals surface area contributed by atoms with E-state index < -0.39 is 0 Å². The summed E-state index contributed by atoms with van der Waals surface area (Å²) in [6.07, 6.45) is 4.74. The van der Waals surface area contributed by atoms with Crippen molar-refractivity contribution in [2.24, 2.45) is 5.92 Å². The summed E-state index contributed by atoms with van der Waals surface area (Å²) >= 11 is 0. The normalized spacial score (nSPS) is 16.5. The molecule has 1 aromatic rings. The van der Waals surface area contributed by atoms with Crippen LogP contribution < -0.4 is 5.32 Å². The molecule has 20 heavy (non-hydrogen) atoms. The van der Waals surface area contributed by atoms with E-state index in [9.17, 15) is 10.1 Å². The van der Waals surface area contributed by atoms with E-state index in [1.807, 2.05) is 18.5 Å². The lowest BCUT2D eigenvalue weighted by atomic mass is 9.95. The van der Waals surface area contributed by atoms with E-state index in [1.165, 1.54) is 12.8 Å². The number of piperidine rings is 1. The SMILES string of the molecule is CCc1nn(CCC2CCNCC2)c(CC)c1[N+](=O)[O-]. The van der Waals surface area contributed by atoms with E-state index >= 15 is 0 Å². The van der Waals surface area contributed by atoms with Gasteiger partial charge in [-0.3, -0.25) is 14.8 Å². The summed E-state index contributed by atoms with van der Waals surface area (Å²) < 4.78 is 1.87. The Hall–Kier alpha value is -1.43. The summed E-state index contributed by atoms with van der Waals surface area (Å²) in [5.74, 6) is 0.717. The standard InChI is InChI=1S/C14H24N4O2/c1-3-12-14(18(19)20)13(4-2)17(16-12)10-7-11-5-8-15-9-6-11/h11,15H,3-10H2,1-2H3. The Bertz CT molecular complexity index is 464. The van der Waals surface area contributed by atoms with Crippen molar-refractivity contribution in [1.82, 2.24) is 15.1 Å². The lowest BCUT2D eigenvalue weighted by Gasteiger charge is -2.22. The van der Waals surface area contributed by atoms with E-state index in [2.05, 4.69) is 10.4 Å². The number of hydrogen-bond donors (Lipinski definition) is 1. The van der Waals surface area contributed by atoms with Gasteiger partial charge in [-0.15, -0.1) is 0 Å². The van der Waals surface area contributed by atoms with Crippen molar-refractivity contribution in [2.45, 2.75) is 52.5 Å². The average Bonchev–Trinajstić information content (AvgIpc) is 2.84. The minimum atomic E-state index is -0.272. The Morgan fingerprint density at radius 2 is 2.05 bits per heavy atom. The van der Waals surface area contributed by atoms with E-state index in [0.29, 0.717) is 24.5 Å². The zero-order chi connectivity index (χ0) is 14.5. The van der Waals surface area contributed by atoms with E-state index in [1.54, 1.807) is 0 Å². The number of nitro groups is 1. The van der Waals surface area contributed by atoms with Gasteiger partial charge < -0.3 is 5.32 Å². The molecule has 2 heterocycles. The van der Waals surface area contributed by atoms with Crippen molar-refractivity contribution in [3.8, 4) is 0 Å². The molecule has 112 valence electrons. The minimum absolute atomic E-state index is 0.236. The molecule has 1 N–H and O–H groups in total. The molecule has 0 radical (unpaired) electrons. The van der Waals surface area contributed by atoms with Crippen molar-refractivity contribution in [1.29, 1.82) is 0 Å². The van der Waals surface area contributed by atoms with Crippen LogP contribution in [-0.4, -0.2) is 27.8 Å².